The number of hydrogen-bond acceptors (Lipinski definition) is 7. The first kappa shape index (κ1) is 21.0. The summed E-state index contributed by atoms with van der Waals surface area (Å²) in [7, 11) is -3.48. The van der Waals surface area contributed by atoms with Crippen molar-refractivity contribution in [3.63, 3.8) is 0 Å². The van der Waals surface area contributed by atoms with Crippen molar-refractivity contribution in [2.75, 3.05) is 62.3 Å². The third-order valence-electron chi connectivity index (χ3n) is 5.65. The van der Waals surface area contributed by atoms with E-state index in [4.69, 9.17) is 9.72 Å². The summed E-state index contributed by atoms with van der Waals surface area (Å²) < 4.78 is 33.0. The molecule has 2 aliphatic heterocycles. The Morgan fingerprint density at radius 3 is 2.23 bits per heavy atom. The molecule has 2 aliphatic rings. The molecule has 4 rings (SSSR count). The maximum atomic E-state index is 13.0. The maximum absolute atomic E-state index is 13.0. The van der Waals surface area contributed by atoms with E-state index in [0.717, 1.165) is 36.6 Å². The molecule has 0 unspecified atom stereocenters. The van der Waals surface area contributed by atoms with Crippen LogP contribution in [0.5, 0.6) is 0 Å². The number of ether oxygens (including phenoxy) is 1. The minimum atomic E-state index is -3.48. The highest BCUT2D eigenvalue weighted by molar-refractivity contribution is 7.89. The van der Waals surface area contributed by atoms with E-state index in [2.05, 4.69) is 21.7 Å². The summed E-state index contributed by atoms with van der Waals surface area (Å²) in [5.74, 6) is 1.58. The maximum Gasteiger partial charge on any atom is 0.243 e. The summed E-state index contributed by atoms with van der Waals surface area (Å²) in [5, 5.41) is 0. The Kier molecular flexibility index (Phi) is 6.21. The molecule has 2 fully saturated rings. The summed E-state index contributed by atoms with van der Waals surface area (Å²) in [6.45, 7) is 9.04. The van der Waals surface area contributed by atoms with Crippen LogP contribution in [-0.2, 0) is 21.2 Å². The van der Waals surface area contributed by atoms with Crippen LogP contribution in [0.3, 0.4) is 0 Å². The zero-order valence-corrected chi connectivity index (χ0v) is 18.4. The Bertz CT molecular complexity index is 967. The Hall–Kier alpha value is -2.23. The van der Waals surface area contributed by atoms with Crippen LogP contribution in [0.15, 0.2) is 35.2 Å². The van der Waals surface area contributed by atoms with Gasteiger partial charge in [0.1, 0.15) is 5.82 Å². The van der Waals surface area contributed by atoms with Gasteiger partial charge in [0.05, 0.1) is 18.1 Å². The average Bonchev–Trinajstić information content (AvgIpc) is 2.79. The van der Waals surface area contributed by atoms with Crippen molar-refractivity contribution in [3.8, 4) is 0 Å². The fraction of sp³-hybridized carbons (Fsp3) is 0.524. The number of benzene rings is 1. The van der Waals surface area contributed by atoms with E-state index in [-0.39, 0.29) is 0 Å². The van der Waals surface area contributed by atoms with Crippen molar-refractivity contribution in [1.29, 1.82) is 0 Å². The molecule has 0 aliphatic carbocycles. The molecule has 0 bridgehead atoms. The molecule has 3 heterocycles. The molecule has 9 heteroatoms. The van der Waals surface area contributed by atoms with Gasteiger partial charge in [-0.25, -0.2) is 13.4 Å². The molecule has 8 nitrogen and oxygen atoms in total. The van der Waals surface area contributed by atoms with Gasteiger partial charge < -0.3 is 14.5 Å². The van der Waals surface area contributed by atoms with Crippen molar-refractivity contribution in [2.24, 2.45) is 0 Å². The van der Waals surface area contributed by atoms with E-state index in [1.807, 2.05) is 25.1 Å². The van der Waals surface area contributed by atoms with Crippen molar-refractivity contribution in [1.82, 2.24) is 14.3 Å². The summed E-state index contributed by atoms with van der Waals surface area (Å²) in [6.07, 6.45) is 0.891. The number of hydrogen-bond donors (Lipinski definition) is 0. The van der Waals surface area contributed by atoms with Crippen LogP contribution >= 0.6 is 0 Å². The molecule has 2 aromatic rings. The van der Waals surface area contributed by atoms with E-state index in [1.165, 1.54) is 0 Å². The highest BCUT2D eigenvalue weighted by Crippen LogP contribution is 2.22. The van der Waals surface area contributed by atoms with Crippen molar-refractivity contribution < 1.29 is 13.2 Å². The lowest BCUT2D eigenvalue weighted by molar-refractivity contribution is 0.122. The van der Waals surface area contributed by atoms with Gasteiger partial charge in [-0.05, 0) is 31.0 Å². The predicted molar refractivity (Wildman–Crippen MR) is 117 cm³/mol. The summed E-state index contributed by atoms with van der Waals surface area (Å²) >= 11 is 0. The summed E-state index contributed by atoms with van der Waals surface area (Å²) in [4.78, 5) is 14.0. The zero-order valence-electron chi connectivity index (χ0n) is 17.6. The van der Waals surface area contributed by atoms with Gasteiger partial charge in [0.2, 0.25) is 16.0 Å². The highest BCUT2D eigenvalue weighted by atomic mass is 32.2. The normalized spacial score (nSPS) is 18.6. The molecular weight excluding hydrogens is 402 g/mol. The lowest BCUT2D eigenvalue weighted by atomic mass is 10.2. The van der Waals surface area contributed by atoms with E-state index in [1.54, 1.807) is 16.4 Å². The van der Waals surface area contributed by atoms with Crippen LogP contribution in [-0.4, -0.2) is 75.2 Å². The Morgan fingerprint density at radius 1 is 0.933 bits per heavy atom. The van der Waals surface area contributed by atoms with Gasteiger partial charge >= 0.3 is 0 Å². The van der Waals surface area contributed by atoms with Gasteiger partial charge in [-0.15, -0.1) is 0 Å². The second-order valence-corrected chi connectivity index (χ2v) is 9.59. The number of aromatic nitrogens is 2. The fourth-order valence-electron chi connectivity index (χ4n) is 3.81. The average molecular weight is 432 g/mol. The second kappa shape index (κ2) is 8.87. The molecule has 1 aromatic carbocycles. The first-order valence-electron chi connectivity index (χ1n) is 10.5. The Labute approximate surface area is 178 Å². The number of rotatable bonds is 5. The largest absolute Gasteiger partial charge is 0.378 e. The van der Waals surface area contributed by atoms with Crippen molar-refractivity contribution >= 4 is 21.8 Å². The molecular formula is C21H29N5O3S. The summed E-state index contributed by atoms with van der Waals surface area (Å²) in [6, 6.07) is 9.18. The lowest BCUT2D eigenvalue weighted by Gasteiger charge is -2.35. The van der Waals surface area contributed by atoms with Gasteiger partial charge in [0.15, 0.2) is 0 Å². The number of piperazine rings is 1. The van der Waals surface area contributed by atoms with Gasteiger partial charge in [0.25, 0.3) is 0 Å². The van der Waals surface area contributed by atoms with Gasteiger partial charge in [-0.3, -0.25) is 0 Å². The number of sulfonamides is 1. The van der Waals surface area contributed by atoms with Gasteiger partial charge in [-0.1, -0.05) is 19.1 Å². The SMILES string of the molecule is CCc1ccc(S(=O)(=O)N2CCN(c3nc(C)cc(N4CCOCC4)n3)CC2)cc1. The standard InChI is InChI=1S/C21H29N5O3S/c1-3-18-4-6-19(7-5-18)30(27,28)26-10-8-25(9-11-26)21-22-17(2)16-20(23-21)24-12-14-29-15-13-24/h4-7,16H,3,8-15H2,1-2H3. The lowest BCUT2D eigenvalue weighted by Crippen LogP contribution is -2.49. The van der Waals surface area contributed by atoms with Gasteiger partial charge in [-0.2, -0.15) is 9.29 Å². The predicted octanol–water partition coefficient (Wildman–Crippen LogP) is 1.69. The molecule has 0 spiro atoms. The smallest absolute Gasteiger partial charge is 0.243 e. The van der Waals surface area contributed by atoms with Crippen LogP contribution in [0, 0.1) is 6.92 Å². The van der Waals surface area contributed by atoms with Crippen LogP contribution in [0.1, 0.15) is 18.2 Å². The van der Waals surface area contributed by atoms with Crippen molar-refractivity contribution in [2.45, 2.75) is 25.2 Å². The zero-order chi connectivity index (χ0) is 21.1. The molecule has 0 atom stereocenters. The van der Waals surface area contributed by atoms with Gasteiger partial charge in [0, 0.05) is 51.0 Å². The molecule has 0 N–H and O–H groups in total. The van der Waals surface area contributed by atoms with Crippen molar-refractivity contribution in [3.05, 3.63) is 41.6 Å². The number of nitrogens with zero attached hydrogens (tertiary/aromatic N) is 5. The van der Waals surface area contributed by atoms with Crippen LogP contribution in [0.4, 0.5) is 11.8 Å². The van der Waals surface area contributed by atoms with E-state index in [0.29, 0.717) is 50.2 Å². The molecule has 0 radical (unpaired) electrons. The monoisotopic (exact) mass is 431 g/mol. The Balaban J connectivity index is 1.45. The summed E-state index contributed by atoms with van der Waals surface area (Å²) in [5.41, 5.74) is 2.04. The molecule has 30 heavy (non-hydrogen) atoms. The van der Waals surface area contributed by atoms with E-state index < -0.39 is 10.0 Å². The first-order valence-corrected chi connectivity index (χ1v) is 11.9. The molecule has 1 aromatic heterocycles. The third kappa shape index (κ3) is 4.43. The molecule has 0 amide bonds. The van der Waals surface area contributed by atoms with E-state index in [9.17, 15) is 8.42 Å². The minimum absolute atomic E-state index is 0.356. The topological polar surface area (TPSA) is 78.9 Å². The fourth-order valence-corrected chi connectivity index (χ4v) is 5.23. The minimum Gasteiger partial charge on any atom is -0.378 e. The van der Waals surface area contributed by atoms with Crippen LogP contribution < -0.4 is 9.80 Å². The Morgan fingerprint density at radius 2 is 1.60 bits per heavy atom. The molecule has 0 saturated carbocycles. The molecule has 162 valence electrons. The highest BCUT2D eigenvalue weighted by Gasteiger charge is 2.29. The number of aryl methyl sites for hydroxylation is 2. The quantitative estimate of drug-likeness (QED) is 0.713. The van der Waals surface area contributed by atoms with Crippen LogP contribution in [0.25, 0.3) is 0 Å². The molecule has 2 saturated heterocycles. The number of anilines is 2. The van der Waals surface area contributed by atoms with Crippen LogP contribution in [0.2, 0.25) is 0 Å². The first-order chi connectivity index (χ1) is 14.5. The second-order valence-electron chi connectivity index (χ2n) is 7.66. The van der Waals surface area contributed by atoms with E-state index >= 15 is 0 Å². The third-order valence-corrected chi connectivity index (χ3v) is 7.57. The number of morpholine rings is 1.